The number of ether oxygens (including phenoxy) is 2. The molecule has 2 aromatic carbocycles. The van der Waals surface area contributed by atoms with Crippen molar-refractivity contribution < 1.29 is 36.0 Å². The second kappa shape index (κ2) is 20.2. The third-order valence-electron chi connectivity index (χ3n) is 13.1. The second-order valence-electron chi connectivity index (χ2n) is 18.2. The number of rotatable bonds is 18. The van der Waals surface area contributed by atoms with Crippen LogP contribution in [0.4, 0.5) is 57.8 Å². The predicted octanol–water partition coefficient (Wildman–Crippen LogP) is 9.82. The number of nitrogens with zero attached hydrogens (tertiary/aromatic N) is 11. The first-order valence-electron chi connectivity index (χ1n) is 23.8. The maximum Gasteiger partial charge on any atom is 0.295 e. The number of hydrogen-bond acceptors (Lipinski definition) is 18. The lowest BCUT2D eigenvalue weighted by atomic mass is 10.1. The summed E-state index contributed by atoms with van der Waals surface area (Å²) in [5, 5.41) is 31.1. The van der Waals surface area contributed by atoms with E-state index in [1.54, 1.807) is 55.8 Å². The zero-order chi connectivity index (χ0) is 53.0. The summed E-state index contributed by atoms with van der Waals surface area (Å²) in [6.45, 7) is 2.56. The maximum absolute atomic E-state index is 14.0. The van der Waals surface area contributed by atoms with E-state index in [1.165, 1.54) is 42.6 Å². The van der Waals surface area contributed by atoms with Crippen LogP contribution in [0.25, 0.3) is 44.2 Å². The highest BCUT2D eigenvalue weighted by Gasteiger charge is 2.44. The number of anilines is 7. The van der Waals surface area contributed by atoms with Gasteiger partial charge in [0.2, 0.25) is 5.91 Å². The first-order chi connectivity index (χ1) is 36.6. The topological polar surface area (TPSA) is 266 Å². The smallest absolute Gasteiger partial charge is 0.295 e. The number of fused-ring (bicyclic) bond motifs is 3. The molecule has 3 atom stereocenters. The molecule has 2 aliphatic rings. The van der Waals surface area contributed by atoms with Crippen LogP contribution in [0.2, 0.25) is 0 Å². The van der Waals surface area contributed by atoms with Crippen molar-refractivity contribution in [2.45, 2.75) is 63.5 Å². The molecule has 9 aromatic rings. The number of aromatic nitrogens is 12. The van der Waals surface area contributed by atoms with Crippen LogP contribution in [-0.4, -0.2) is 97.7 Å². The Hall–Kier alpha value is -8.17. The van der Waals surface area contributed by atoms with Crippen LogP contribution in [0, 0.1) is 18.8 Å². The van der Waals surface area contributed by atoms with Crippen molar-refractivity contribution in [3.05, 3.63) is 94.3 Å². The summed E-state index contributed by atoms with van der Waals surface area (Å²) in [7, 11) is 1.55. The fourth-order valence-corrected chi connectivity index (χ4v) is 11.1. The molecule has 0 aliphatic heterocycles. The van der Waals surface area contributed by atoms with E-state index >= 15 is 0 Å². The fraction of sp³-hybridized carbons (Fsp3) is 0.306. The summed E-state index contributed by atoms with van der Waals surface area (Å²) in [6, 6.07) is 15.6. The first kappa shape index (κ1) is 50.0. The van der Waals surface area contributed by atoms with Gasteiger partial charge in [-0.2, -0.15) is 20.1 Å². The Morgan fingerprint density at radius 3 is 2.30 bits per heavy atom. The van der Waals surface area contributed by atoms with Gasteiger partial charge >= 0.3 is 0 Å². The number of alkyl halides is 4. The maximum atomic E-state index is 14.0. The van der Waals surface area contributed by atoms with Crippen LogP contribution >= 0.6 is 11.3 Å². The standard InChI is InChI=1S/C49H47F4N17O4S2/c1-22-34(21-73-3)58-49(75-22)24-12-13-29(35(15-24)76(5,72)54-2)56-31-18-37(61-45-39(31)63-46(66-45)42(50)51)62-48(71)27-14-25(27)20-70-55-19-33(69-70)26-9-7-11-30(41(26)74-4)57-32-17-36(60-44-40(32)64-47(65-44)43(52)53)59-38-16-23-8-6-10-28(23)67-68-38/h7,9,11-13,15-19,25,27,42-43H,6,8,10,14,20-21H2,1-5H3,(H3,56,61,62,63,66,71)(H3,57,59,60,64,65,68). The van der Waals surface area contributed by atoms with Gasteiger partial charge in [0.15, 0.2) is 34.5 Å². The van der Waals surface area contributed by atoms with Crippen LogP contribution < -0.4 is 26.0 Å². The van der Waals surface area contributed by atoms with Crippen LogP contribution in [0.5, 0.6) is 5.75 Å². The molecule has 76 heavy (non-hydrogen) atoms. The quantitative estimate of drug-likeness (QED) is 0.0437. The Morgan fingerprint density at radius 1 is 0.868 bits per heavy atom. The first-order valence-corrected chi connectivity index (χ1v) is 26.5. The summed E-state index contributed by atoms with van der Waals surface area (Å²) in [6.07, 6.45) is 0.486. The lowest BCUT2D eigenvalue weighted by Crippen LogP contribution is -2.17. The summed E-state index contributed by atoms with van der Waals surface area (Å²) in [5.74, 6) is -0.939. The molecule has 0 spiro atoms. The van der Waals surface area contributed by atoms with E-state index in [-0.39, 0.29) is 52.2 Å². The average Bonchev–Trinajstić information content (AvgIpc) is 4.04. The largest absolute Gasteiger partial charge is 0.494 e. The van der Waals surface area contributed by atoms with E-state index in [9.17, 15) is 26.6 Å². The average molecular weight is 1080 g/mol. The van der Waals surface area contributed by atoms with Crippen molar-refractivity contribution in [3.63, 3.8) is 0 Å². The van der Waals surface area contributed by atoms with Crippen molar-refractivity contribution >= 4 is 89.5 Å². The van der Waals surface area contributed by atoms with Gasteiger partial charge in [-0.1, -0.05) is 6.07 Å². The zero-order valence-electron chi connectivity index (χ0n) is 41.2. The Kier molecular flexibility index (Phi) is 13.3. The highest BCUT2D eigenvalue weighted by atomic mass is 32.2. The molecule has 21 nitrogen and oxygen atoms in total. The SMILES string of the molecule is CN=S(C)(=O)c1cc(-c2nc(COC)c(C)s2)ccc1Nc1cc(NC(=O)C2CC2Cn2ncc(-c3cccc(Nc4cc(Nc5cc6c(nn5)CCC6)nc5[nH]c(C(F)F)nc45)c3OC)n2)nc2[nH]c(C(F)F)nc12. The highest BCUT2D eigenvalue weighted by Crippen LogP contribution is 2.43. The highest BCUT2D eigenvalue weighted by molar-refractivity contribution is 7.93. The minimum atomic E-state index is -2.99. The molecule has 0 saturated heterocycles. The number of benzene rings is 2. The number of H-pyrrole nitrogens is 2. The van der Waals surface area contributed by atoms with E-state index in [0.29, 0.717) is 74.2 Å². The van der Waals surface area contributed by atoms with Gasteiger partial charge in [-0.3, -0.25) is 4.79 Å². The molecule has 6 N–H and O–H groups in total. The van der Waals surface area contributed by atoms with Gasteiger partial charge < -0.3 is 40.7 Å². The fourth-order valence-electron chi connectivity index (χ4n) is 9.11. The second-order valence-corrected chi connectivity index (χ2v) is 21.8. The van der Waals surface area contributed by atoms with Crippen LogP contribution in [0.3, 0.4) is 0 Å². The Labute approximate surface area is 434 Å². The molecule has 1 fully saturated rings. The van der Waals surface area contributed by atoms with Gasteiger partial charge in [0.25, 0.3) is 12.9 Å². The van der Waals surface area contributed by atoms with Gasteiger partial charge in [0.1, 0.15) is 33.4 Å². The number of carbonyl (C=O) groups is 1. The number of pyridine rings is 2. The molecular weight excluding hydrogens is 1030 g/mol. The van der Waals surface area contributed by atoms with Gasteiger partial charge in [-0.05, 0) is 80.5 Å². The third kappa shape index (κ3) is 9.94. The summed E-state index contributed by atoms with van der Waals surface area (Å²) < 4.78 is 85.2. The monoisotopic (exact) mass is 1080 g/mol. The number of aromatic amines is 2. The Bertz CT molecular complexity index is 3850. The number of thiazole rings is 1. The zero-order valence-corrected chi connectivity index (χ0v) is 42.8. The van der Waals surface area contributed by atoms with E-state index in [2.05, 4.69) is 70.8 Å². The normalized spacial score (nSPS) is 15.8. The molecule has 0 radical (unpaired) electrons. The molecule has 0 bridgehead atoms. The number of imidazole rings is 2. The minimum absolute atomic E-state index is 0.0102. The molecule has 7 heterocycles. The van der Waals surface area contributed by atoms with E-state index in [4.69, 9.17) is 19.6 Å². The van der Waals surface area contributed by atoms with Gasteiger partial charge in [-0.25, -0.2) is 51.1 Å². The summed E-state index contributed by atoms with van der Waals surface area (Å²) >= 11 is 1.47. The van der Waals surface area contributed by atoms with E-state index in [1.807, 2.05) is 13.0 Å². The van der Waals surface area contributed by atoms with Crippen LogP contribution in [-0.2, 0) is 45.3 Å². The number of amides is 1. The van der Waals surface area contributed by atoms with Gasteiger partial charge in [-0.15, -0.1) is 16.4 Å². The molecule has 1 saturated carbocycles. The van der Waals surface area contributed by atoms with Crippen molar-refractivity contribution in [1.82, 2.24) is 60.1 Å². The molecule has 11 rings (SSSR count). The summed E-state index contributed by atoms with van der Waals surface area (Å²) in [4.78, 5) is 43.8. The number of aryl methyl sites for hydroxylation is 3. The molecule has 27 heteroatoms. The number of nitrogens with one attached hydrogen (secondary N) is 6. The third-order valence-corrected chi connectivity index (χ3v) is 16.0. The molecule has 3 unspecified atom stereocenters. The lowest BCUT2D eigenvalue weighted by molar-refractivity contribution is -0.117. The molecular formula is C49H47F4N17O4S2. The molecule has 392 valence electrons. The molecule has 7 aromatic heterocycles. The minimum Gasteiger partial charge on any atom is -0.494 e. The van der Waals surface area contributed by atoms with Crippen molar-refractivity contribution in [2.75, 3.05) is 48.8 Å². The number of carbonyl (C=O) groups excluding carboxylic acids is 1. The van der Waals surface area contributed by atoms with Crippen LogP contribution in [0.15, 0.2) is 70.1 Å². The van der Waals surface area contributed by atoms with E-state index < -0.39 is 40.1 Å². The predicted molar refractivity (Wildman–Crippen MR) is 278 cm³/mol. The molecule has 2 aliphatic carbocycles. The number of hydrogen-bond donors (Lipinski definition) is 6. The number of methoxy groups -OCH3 is 2. The number of para-hydroxylation sites is 1. The lowest BCUT2D eigenvalue weighted by Gasteiger charge is -2.15. The van der Waals surface area contributed by atoms with Crippen molar-refractivity contribution in [1.29, 1.82) is 0 Å². The van der Waals surface area contributed by atoms with Crippen LogP contribution in [0.1, 0.15) is 59.2 Å². The van der Waals surface area contributed by atoms with Crippen molar-refractivity contribution in [3.8, 4) is 27.6 Å². The summed E-state index contributed by atoms with van der Waals surface area (Å²) in [5.41, 5.74) is 6.29. The van der Waals surface area contributed by atoms with Crippen molar-refractivity contribution in [2.24, 2.45) is 16.2 Å². The Morgan fingerprint density at radius 2 is 1.59 bits per heavy atom. The Balaban J connectivity index is 0.806. The van der Waals surface area contributed by atoms with Gasteiger partial charge in [0.05, 0.1) is 75.2 Å². The number of halogens is 4. The van der Waals surface area contributed by atoms with E-state index in [0.717, 1.165) is 41.1 Å². The van der Waals surface area contributed by atoms with Gasteiger partial charge in [0, 0.05) is 54.5 Å². The molecule has 1 amide bonds.